The molecule has 0 radical (unpaired) electrons. The number of urea groups is 1. The van der Waals surface area contributed by atoms with Gasteiger partial charge in [-0.3, -0.25) is 4.79 Å². The molecule has 0 aromatic heterocycles. The van der Waals surface area contributed by atoms with Crippen LogP contribution in [0.5, 0.6) is 0 Å². The summed E-state index contributed by atoms with van der Waals surface area (Å²) in [5.74, 6) is 0.0851. The molecular formula is C11H23N3O2. The van der Waals surface area contributed by atoms with Crippen molar-refractivity contribution in [3.8, 4) is 0 Å². The summed E-state index contributed by atoms with van der Waals surface area (Å²) in [5.41, 5.74) is 0. The van der Waals surface area contributed by atoms with Crippen LogP contribution in [0, 0.1) is 0 Å². The quantitative estimate of drug-likeness (QED) is 0.618. The third-order valence-corrected chi connectivity index (χ3v) is 2.38. The van der Waals surface area contributed by atoms with E-state index in [1.807, 2.05) is 13.8 Å². The standard InChI is InChI=1S/C9H17N3O2.C2H6/c1-8(13)11-4-6-12(7-5-11)9(14)10(2)3;1-2/h4-7H2,1-3H3;1-2H3. The summed E-state index contributed by atoms with van der Waals surface area (Å²) in [5, 5.41) is 0. The van der Waals surface area contributed by atoms with Gasteiger partial charge in [0.25, 0.3) is 0 Å². The fourth-order valence-electron chi connectivity index (χ4n) is 1.50. The predicted octanol–water partition coefficient (Wildman–Crippen LogP) is 0.858. The molecule has 0 aromatic carbocycles. The highest BCUT2D eigenvalue weighted by Crippen LogP contribution is 2.03. The van der Waals surface area contributed by atoms with Crippen molar-refractivity contribution in [1.82, 2.24) is 14.7 Å². The van der Waals surface area contributed by atoms with E-state index in [0.29, 0.717) is 26.2 Å². The van der Waals surface area contributed by atoms with Gasteiger partial charge >= 0.3 is 6.03 Å². The average Bonchev–Trinajstić information content (AvgIpc) is 2.30. The van der Waals surface area contributed by atoms with Gasteiger partial charge in [0.1, 0.15) is 0 Å². The van der Waals surface area contributed by atoms with Crippen LogP contribution in [-0.4, -0.2) is 66.9 Å². The first kappa shape index (κ1) is 14.7. The third-order valence-electron chi connectivity index (χ3n) is 2.38. The fourth-order valence-corrected chi connectivity index (χ4v) is 1.50. The topological polar surface area (TPSA) is 43.9 Å². The zero-order valence-corrected chi connectivity index (χ0v) is 11.0. The van der Waals surface area contributed by atoms with Gasteiger partial charge in [0.15, 0.2) is 0 Å². The van der Waals surface area contributed by atoms with Crippen molar-refractivity contribution in [3.63, 3.8) is 0 Å². The number of hydrogen-bond donors (Lipinski definition) is 0. The van der Waals surface area contributed by atoms with Crippen LogP contribution in [0.2, 0.25) is 0 Å². The van der Waals surface area contributed by atoms with Gasteiger partial charge < -0.3 is 14.7 Å². The van der Waals surface area contributed by atoms with Crippen molar-refractivity contribution >= 4 is 11.9 Å². The Morgan fingerprint density at radius 1 is 0.938 bits per heavy atom. The summed E-state index contributed by atoms with van der Waals surface area (Å²) < 4.78 is 0. The Balaban J connectivity index is 0.00000106. The Kier molecular flexibility index (Phi) is 6.53. The molecule has 5 heteroatoms. The number of nitrogens with zero attached hydrogens (tertiary/aromatic N) is 3. The molecule has 0 atom stereocenters. The second kappa shape index (κ2) is 7.09. The third kappa shape index (κ3) is 4.08. The SMILES string of the molecule is CC.CC(=O)N1CCN(C(=O)N(C)C)CC1. The van der Waals surface area contributed by atoms with Gasteiger partial charge in [-0.15, -0.1) is 0 Å². The Labute approximate surface area is 98.0 Å². The average molecular weight is 229 g/mol. The number of carbonyl (C=O) groups is 2. The first-order valence-electron chi connectivity index (χ1n) is 5.74. The molecule has 3 amide bonds. The van der Waals surface area contributed by atoms with E-state index in [9.17, 15) is 9.59 Å². The van der Waals surface area contributed by atoms with Gasteiger partial charge in [0.05, 0.1) is 0 Å². The number of amides is 3. The van der Waals surface area contributed by atoms with E-state index in [0.717, 1.165) is 0 Å². The number of piperazine rings is 1. The molecule has 0 unspecified atom stereocenters. The molecule has 16 heavy (non-hydrogen) atoms. The van der Waals surface area contributed by atoms with Gasteiger partial charge in [-0.1, -0.05) is 13.8 Å². The summed E-state index contributed by atoms with van der Waals surface area (Å²) >= 11 is 0. The second-order valence-electron chi connectivity index (χ2n) is 3.67. The zero-order chi connectivity index (χ0) is 12.7. The summed E-state index contributed by atoms with van der Waals surface area (Å²) in [6.07, 6.45) is 0. The van der Waals surface area contributed by atoms with Crippen molar-refractivity contribution < 1.29 is 9.59 Å². The van der Waals surface area contributed by atoms with E-state index in [-0.39, 0.29) is 11.9 Å². The maximum absolute atomic E-state index is 11.5. The highest BCUT2D eigenvalue weighted by Gasteiger charge is 2.22. The van der Waals surface area contributed by atoms with E-state index < -0.39 is 0 Å². The molecule has 0 N–H and O–H groups in total. The molecule has 1 saturated heterocycles. The molecular weight excluding hydrogens is 206 g/mol. The monoisotopic (exact) mass is 229 g/mol. The predicted molar refractivity (Wildman–Crippen MR) is 64.3 cm³/mol. The van der Waals surface area contributed by atoms with E-state index in [1.54, 1.807) is 35.7 Å². The summed E-state index contributed by atoms with van der Waals surface area (Å²) in [6, 6.07) is 0.0215. The van der Waals surface area contributed by atoms with Crippen LogP contribution in [0.15, 0.2) is 0 Å². The lowest BCUT2D eigenvalue weighted by atomic mass is 10.3. The molecule has 0 spiro atoms. The molecule has 1 aliphatic heterocycles. The summed E-state index contributed by atoms with van der Waals surface area (Å²) in [4.78, 5) is 27.6. The van der Waals surface area contributed by atoms with E-state index in [4.69, 9.17) is 0 Å². The maximum Gasteiger partial charge on any atom is 0.319 e. The zero-order valence-electron chi connectivity index (χ0n) is 11.0. The Hall–Kier alpha value is -1.26. The molecule has 0 aliphatic carbocycles. The lowest BCUT2D eigenvalue weighted by molar-refractivity contribution is -0.130. The van der Waals surface area contributed by atoms with Gasteiger partial charge in [0, 0.05) is 47.2 Å². The molecule has 1 aliphatic rings. The van der Waals surface area contributed by atoms with Crippen LogP contribution in [0.1, 0.15) is 20.8 Å². The highest BCUT2D eigenvalue weighted by atomic mass is 16.2. The fraction of sp³-hybridized carbons (Fsp3) is 0.818. The lowest BCUT2D eigenvalue weighted by Crippen LogP contribution is -2.52. The molecule has 5 nitrogen and oxygen atoms in total. The minimum atomic E-state index is 0.0215. The Morgan fingerprint density at radius 2 is 1.31 bits per heavy atom. The lowest BCUT2D eigenvalue weighted by Gasteiger charge is -2.35. The molecule has 0 saturated carbocycles. The summed E-state index contributed by atoms with van der Waals surface area (Å²) in [6.45, 7) is 8.13. The minimum Gasteiger partial charge on any atom is -0.339 e. The van der Waals surface area contributed by atoms with Crippen molar-refractivity contribution in [2.45, 2.75) is 20.8 Å². The highest BCUT2D eigenvalue weighted by molar-refractivity contribution is 5.75. The smallest absolute Gasteiger partial charge is 0.319 e. The van der Waals surface area contributed by atoms with Crippen molar-refractivity contribution in [3.05, 3.63) is 0 Å². The molecule has 1 fully saturated rings. The van der Waals surface area contributed by atoms with Gasteiger partial charge in [-0.2, -0.15) is 0 Å². The maximum atomic E-state index is 11.5. The minimum absolute atomic E-state index is 0.0215. The molecule has 1 heterocycles. The number of hydrogen-bond acceptors (Lipinski definition) is 2. The van der Waals surface area contributed by atoms with Gasteiger partial charge in [0.2, 0.25) is 5.91 Å². The second-order valence-corrected chi connectivity index (χ2v) is 3.67. The van der Waals surface area contributed by atoms with Crippen LogP contribution in [0.4, 0.5) is 4.79 Å². The van der Waals surface area contributed by atoms with Crippen LogP contribution in [0.3, 0.4) is 0 Å². The summed E-state index contributed by atoms with van der Waals surface area (Å²) in [7, 11) is 3.47. The van der Waals surface area contributed by atoms with Crippen LogP contribution < -0.4 is 0 Å². The number of carbonyl (C=O) groups excluding carboxylic acids is 2. The molecule has 94 valence electrons. The largest absolute Gasteiger partial charge is 0.339 e. The van der Waals surface area contributed by atoms with Crippen LogP contribution in [0.25, 0.3) is 0 Å². The van der Waals surface area contributed by atoms with Crippen LogP contribution >= 0.6 is 0 Å². The van der Waals surface area contributed by atoms with Gasteiger partial charge in [-0.25, -0.2) is 4.79 Å². The molecule has 0 bridgehead atoms. The number of rotatable bonds is 0. The Morgan fingerprint density at radius 3 is 1.62 bits per heavy atom. The van der Waals surface area contributed by atoms with Gasteiger partial charge in [-0.05, 0) is 0 Å². The molecule has 0 aromatic rings. The Bertz CT molecular complexity index is 233. The first-order chi connectivity index (χ1) is 7.52. The van der Waals surface area contributed by atoms with Crippen molar-refractivity contribution in [2.75, 3.05) is 40.3 Å². The van der Waals surface area contributed by atoms with E-state index in [2.05, 4.69) is 0 Å². The van der Waals surface area contributed by atoms with E-state index in [1.165, 1.54) is 0 Å². The molecule has 1 rings (SSSR count). The van der Waals surface area contributed by atoms with E-state index >= 15 is 0 Å². The first-order valence-corrected chi connectivity index (χ1v) is 5.74. The normalized spacial score (nSPS) is 15.1. The van der Waals surface area contributed by atoms with Crippen LogP contribution in [-0.2, 0) is 4.79 Å². The van der Waals surface area contributed by atoms with Crippen molar-refractivity contribution in [1.29, 1.82) is 0 Å². The van der Waals surface area contributed by atoms with Crippen molar-refractivity contribution in [2.24, 2.45) is 0 Å².